The topological polar surface area (TPSA) is 114 Å². The van der Waals surface area contributed by atoms with Gasteiger partial charge in [0.25, 0.3) is 11.5 Å². The van der Waals surface area contributed by atoms with Crippen LogP contribution in [0.3, 0.4) is 0 Å². The van der Waals surface area contributed by atoms with Gasteiger partial charge < -0.3 is 15.4 Å². The lowest BCUT2D eigenvalue weighted by Gasteiger charge is -2.11. The fraction of sp³-hybridized carbons (Fsp3) is 0.308. The molecule has 0 saturated carbocycles. The van der Waals surface area contributed by atoms with Gasteiger partial charge in [-0.15, -0.1) is 0 Å². The number of ether oxygens (including phenoxy) is 1. The lowest BCUT2D eigenvalue weighted by atomic mass is 10.1. The van der Waals surface area contributed by atoms with Gasteiger partial charge in [0.05, 0.1) is 18.8 Å². The number of rotatable bonds is 10. The number of hydrogen-bond donors (Lipinski definition) is 3. The van der Waals surface area contributed by atoms with E-state index < -0.39 is 6.09 Å². The second kappa shape index (κ2) is 12.5. The molecule has 0 aliphatic carbocycles. The first-order chi connectivity index (χ1) is 16.9. The predicted molar refractivity (Wildman–Crippen MR) is 136 cm³/mol. The van der Waals surface area contributed by atoms with E-state index >= 15 is 0 Å². The molecule has 9 heteroatoms. The highest BCUT2D eigenvalue weighted by Gasteiger charge is 2.09. The first kappa shape index (κ1) is 25.6. The van der Waals surface area contributed by atoms with Gasteiger partial charge in [0, 0.05) is 42.0 Å². The van der Waals surface area contributed by atoms with E-state index in [0.29, 0.717) is 36.1 Å². The molecule has 9 nitrogen and oxygen atoms in total. The van der Waals surface area contributed by atoms with E-state index in [1.165, 1.54) is 10.7 Å². The van der Waals surface area contributed by atoms with Crippen molar-refractivity contribution < 1.29 is 14.3 Å². The molecular formula is C26H31N5O4. The fourth-order valence-corrected chi connectivity index (χ4v) is 3.35. The van der Waals surface area contributed by atoms with E-state index in [2.05, 4.69) is 34.9 Å². The maximum atomic E-state index is 12.4. The third-order valence-electron chi connectivity index (χ3n) is 5.05. The molecule has 1 heterocycles. The van der Waals surface area contributed by atoms with E-state index in [0.717, 1.165) is 11.1 Å². The van der Waals surface area contributed by atoms with Gasteiger partial charge in [0.1, 0.15) is 0 Å². The Morgan fingerprint density at radius 3 is 2.51 bits per heavy atom. The Hall–Kier alpha value is -3.98. The molecule has 0 aliphatic heterocycles. The molecule has 0 unspecified atom stereocenters. The molecule has 0 radical (unpaired) electrons. The standard InChI is InChI=1S/C26H31N5O4/c1-4-35-26(34)29-22-7-5-6-19(16-22)17-31-24(32)13-12-23(30-31)20-8-10-21(11-9-20)25(33)28-15-14-27-18(2)3/h5-13,16,18,27H,4,14-15,17H2,1-3H3,(H,28,33)(H,29,34). The molecule has 35 heavy (non-hydrogen) atoms. The highest BCUT2D eigenvalue weighted by molar-refractivity contribution is 5.94. The van der Waals surface area contributed by atoms with Crippen molar-refractivity contribution in [3.05, 3.63) is 82.1 Å². The van der Waals surface area contributed by atoms with Crippen LogP contribution in [0.25, 0.3) is 11.3 Å². The number of amides is 2. The second-order valence-corrected chi connectivity index (χ2v) is 8.20. The molecule has 3 aromatic rings. The van der Waals surface area contributed by atoms with Gasteiger partial charge in [0.15, 0.2) is 0 Å². The summed E-state index contributed by atoms with van der Waals surface area (Å²) in [6.45, 7) is 7.60. The van der Waals surface area contributed by atoms with Crippen LogP contribution in [-0.2, 0) is 11.3 Å². The van der Waals surface area contributed by atoms with Crippen LogP contribution in [0.4, 0.5) is 10.5 Å². The lowest BCUT2D eigenvalue weighted by molar-refractivity contribution is 0.0953. The Morgan fingerprint density at radius 1 is 1.03 bits per heavy atom. The van der Waals surface area contributed by atoms with Crippen LogP contribution in [0.5, 0.6) is 0 Å². The number of aromatic nitrogens is 2. The minimum absolute atomic E-state index is 0.142. The molecule has 0 aliphatic rings. The number of carbonyl (C=O) groups excluding carboxylic acids is 2. The SMILES string of the molecule is CCOC(=O)Nc1cccc(Cn2nc(-c3ccc(C(=O)NCCNC(C)C)cc3)ccc2=O)c1. The highest BCUT2D eigenvalue weighted by Crippen LogP contribution is 2.17. The van der Waals surface area contributed by atoms with Gasteiger partial charge in [-0.3, -0.25) is 14.9 Å². The Balaban J connectivity index is 1.69. The van der Waals surface area contributed by atoms with Crippen LogP contribution in [0.1, 0.15) is 36.7 Å². The summed E-state index contributed by atoms with van der Waals surface area (Å²) in [6, 6.07) is 17.7. The number of carbonyl (C=O) groups is 2. The minimum Gasteiger partial charge on any atom is -0.450 e. The maximum absolute atomic E-state index is 12.4. The smallest absolute Gasteiger partial charge is 0.411 e. The zero-order valence-electron chi connectivity index (χ0n) is 20.2. The largest absolute Gasteiger partial charge is 0.450 e. The molecule has 0 spiro atoms. The number of benzene rings is 2. The van der Waals surface area contributed by atoms with Crippen molar-refractivity contribution in [2.24, 2.45) is 0 Å². The van der Waals surface area contributed by atoms with Crippen LogP contribution >= 0.6 is 0 Å². The zero-order chi connectivity index (χ0) is 25.2. The summed E-state index contributed by atoms with van der Waals surface area (Å²) >= 11 is 0. The average molecular weight is 478 g/mol. The Bertz CT molecular complexity index is 1200. The van der Waals surface area contributed by atoms with Crippen molar-refractivity contribution >= 4 is 17.7 Å². The molecule has 0 atom stereocenters. The normalized spacial score (nSPS) is 10.7. The van der Waals surface area contributed by atoms with Crippen molar-refractivity contribution in [1.82, 2.24) is 20.4 Å². The summed E-state index contributed by atoms with van der Waals surface area (Å²) in [5.74, 6) is -0.142. The van der Waals surface area contributed by atoms with Gasteiger partial charge in [-0.2, -0.15) is 5.10 Å². The first-order valence-corrected chi connectivity index (χ1v) is 11.6. The number of hydrogen-bond acceptors (Lipinski definition) is 6. The minimum atomic E-state index is -0.536. The Kier molecular flexibility index (Phi) is 9.14. The third kappa shape index (κ3) is 7.79. The summed E-state index contributed by atoms with van der Waals surface area (Å²) in [5, 5.41) is 13.3. The molecule has 1 aromatic heterocycles. The number of anilines is 1. The van der Waals surface area contributed by atoms with E-state index in [9.17, 15) is 14.4 Å². The molecule has 184 valence electrons. The van der Waals surface area contributed by atoms with E-state index in [1.54, 1.807) is 43.3 Å². The summed E-state index contributed by atoms with van der Waals surface area (Å²) in [6.07, 6.45) is -0.536. The zero-order valence-corrected chi connectivity index (χ0v) is 20.2. The summed E-state index contributed by atoms with van der Waals surface area (Å²) in [4.78, 5) is 36.4. The van der Waals surface area contributed by atoms with Crippen molar-refractivity contribution in [2.75, 3.05) is 25.0 Å². The Morgan fingerprint density at radius 2 is 1.80 bits per heavy atom. The van der Waals surface area contributed by atoms with Crippen molar-refractivity contribution in [2.45, 2.75) is 33.4 Å². The summed E-state index contributed by atoms with van der Waals surface area (Å²) in [7, 11) is 0. The molecule has 3 rings (SSSR count). The van der Waals surface area contributed by atoms with Gasteiger partial charge in [-0.25, -0.2) is 9.48 Å². The van der Waals surface area contributed by atoms with Crippen molar-refractivity contribution in [3.8, 4) is 11.3 Å². The van der Waals surface area contributed by atoms with Crippen LogP contribution in [-0.4, -0.2) is 47.5 Å². The van der Waals surface area contributed by atoms with Gasteiger partial charge in [-0.1, -0.05) is 38.1 Å². The van der Waals surface area contributed by atoms with E-state index in [1.807, 2.05) is 18.2 Å². The number of nitrogens with one attached hydrogen (secondary N) is 3. The van der Waals surface area contributed by atoms with Gasteiger partial charge >= 0.3 is 6.09 Å². The molecular weight excluding hydrogens is 446 g/mol. The lowest BCUT2D eigenvalue weighted by Crippen LogP contribution is -2.34. The fourth-order valence-electron chi connectivity index (χ4n) is 3.35. The molecule has 3 N–H and O–H groups in total. The second-order valence-electron chi connectivity index (χ2n) is 8.20. The van der Waals surface area contributed by atoms with Crippen LogP contribution in [0.2, 0.25) is 0 Å². The van der Waals surface area contributed by atoms with Crippen LogP contribution in [0, 0.1) is 0 Å². The Labute approximate surface area is 204 Å². The maximum Gasteiger partial charge on any atom is 0.411 e. The van der Waals surface area contributed by atoms with Crippen LogP contribution < -0.4 is 21.5 Å². The van der Waals surface area contributed by atoms with Gasteiger partial charge in [-0.05, 0) is 42.8 Å². The first-order valence-electron chi connectivity index (χ1n) is 11.6. The predicted octanol–water partition coefficient (Wildman–Crippen LogP) is 3.25. The average Bonchev–Trinajstić information content (AvgIpc) is 2.83. The monoisotopic (exact) mass is 477 g/mol. The van der Waals surface area contributed by atoms with E-state index in [4.69, 9.17) is 4.74 Å². The molecule has 0 bridgehead atoms. The molecule has 0 saturated heterocycles. The van der Waals surface area contributed by atoms with Gasteiger partial charge in [0.2, 0.25) is 0 Å². The third-order valence-corrected chi connectivity index (χ3v) is 5.05. The molecule has 2 aromatic carbocycles. The summed E-state index contributed by atoms with van der Waals surface area (Å²) in [5.41, 5.74) is 3.07. The van der Waals surface area contributed by atoms with Crippen LogP contribution in [0.15, 0.2) is 65.5 Å². The van der Waals surface area contributed by atoms with Crippen molar-refractivity contribution in [1.29, 1.82) is 0 Å². The molecule has 0 fully saturated rings. The quantitative estimate of drug-likeness (QED) is 0.386. The summed E-state index contributed by atoms with van der Waals surface area (Å²) < 4.78 is 6.26. The highest BCUT2D eigenvalue weighted by atomic mass is 16.5. The van der Waals surface area contributed by atoms with Crippen molar-refractivity contribution in [3.63, 3.8) is 0 Å². The number of nitrogens with zero attached hydrogens (tertiary/aromatic N) is 2. The molecule has 2 amide bonds. The van der Waals surface area contributed by atoms with E-state index in [-0.39, 0.29) is 24.6 Å².